The van der Waals surface area contributed by atoms with Crippen molar-refractivity contribution in [1.29, 1.82) is 0 Å². The van der Waals surface area contributed by atoms with Gasteiger partial charge in [0.15, 0.2) is 5.82 Å². The van der Waals surface area contributed by atoms with Gasteiger partial charge in [-0.05, 0) is 25.3 Å². The van der Waals surface area contributed by atoms with Gasteiger partial charge in [0.25, 0.3) is 0 Å². The lowest BCUT2D eigenvalue weighted by molar-refractivity contribution is -0.123. The number of hydrogen-bond acceptors (Lipinski definition) is 5. The second kappa shape index (κ2) is 5.90. The SMILES string of the molecule is Cc1cnn(CCC(=O)NC2(c3noc(C)n3)CCCC2)c1. The molecule has 3 rings (SSSR count). The normalized spacial score (nSPS) is 16.8. The Kier molecular flexibility index (Phi) is 3.96. The lowest BCUT2D eigenvalue weighted by Gasteiger charge is -2.26. The molecule has 0 saturated heterocycles. The van der Waals surface area contributed by atoms with Gasteiger partial charge >= 0.3 is 0 Å². The number of nitrogens with one attached hydrogen (secondary N) is 1. The molecule has 7 nitrogen and oxygen atoms in total. The molecular weight excluding hydrogens is 282 g/mol. The van der Waals surface area contributed by atoms with Crippen molar-refractivity contribution < 1.29 is 9.32 Å². The van der Waals surface area contributed by atoms with Crippen molar-refractivity contribution in [3.8, 4) is 0 Å². The first kappa shape index (κ1) is 14.7. The summed E-state index contributed by atoms with van der Waals surface area (Å²) in [5, 5.41) is 11.4. The number of nitrogens with zero attached hydrogens (tertiary/aromatic N) is 4. The summed E-state index contributed by atoms with van der Waals surface area (Å²) in [5.41, 5.74) is 0.629. The summed E-state index contributed by atoms with van der Waals surface area (Å²) in [6.07, 6.45) is 7.95. The maximum absolute atomic E-state index is 12.3. The highest BCUT2D eigenvalue weighted by Gasteiger charge is 2.41. The number of aryl methyl sites for hydroxylation is 3. The second-order valence-corrected chi connectivity index (χ2v) is 6.01. The first-order valence-corrected chi connectivity index (χ1v) is 7.68. The second-order valence-electron chi connectivity index (χ2n) is 6.01. The van der Waals surface area contributed by atoms with Crippen molar-refractivity contribution in [3.63, 3.8) is 0 Å². The molecule has 1 aliphatic rings. The Morgan fingerprint density at radius 2 is 2.18 bits per heavy atom. The lowest BCUT2D eigenvalue weighted by Crippen LogP contribution is -2.44. The maximum atomic E-state index is 12.3. The molecule has 1 amide bonds. The summed E-state index contributed by atoms with van der Waals surface area (Å²) in [6, 6.07) is 0. The molecule has 0 atom stereocenters. The third-order valence-electron chi connectivity index (χ3n) is 4.12. The van der Waals surface area contributed by atoms with Crippen molar-refractivity contribution in [2.24, 2.45) is 0 Å². The summed E-state index contributed by atoms with van der Waals surface area (Å²) in [4.78, 5) is 16.7. The highest BCUT2D eigenvalue weighted by molar-refractivity contribution is 5.76. The van der Waals surface area contributed by atoms with E-state index in [1.807, 2.05) is 13.1 Å². The van der Waals surface area contributed by atoms with Crippen LogP contribution < -0.4 is 5.32 Å². The quantitative estimate of drug-likeness (QED) is 0.911. The smallest absolute Gasteiger partial charge is 0.223 e. The Balaban J connectivity index is 1.65. The zero-order valence-electron chi connectivity index (χ0n) is 13.0. The van der Waals surface area contributed by atoms with E-state index in [1.54, 1.807) is 17.8 Å². The van der Waals surface area contributed by atoms with Gasteiger partial charge in [-0.2, -0.15) is 10.1 Å². The molecule has 22 heavy (non-hydrogen) atoms. The Morgan fingerprint density at radius 3 is 2.77 bits per heavy atom. The average molecular weight is 303 g/mol. The molecule has 118 valence electrons. The summed E-state index contributed by atoms with van der Waals surface area (Å²) in [6.45, 7) is 4.32. The van der Waals surface area contributed by atoms with E-state index in [9.17, 15) is 4.79 Å². The fourth-order valence-electron chi connectivity index (χ4n) is 3.01. The molecule has 2 aromatic heterocycles. The van der Waals surface area contributed by atoms with Gasteiger partial charge in [0.1, 0.15) is 5.54 Å². The molecule has 7 heteroatoms. The third-order valence-corrected chi connectivity index (χ3v) is 4.12. The van der Waals surface area contributed by atoms with Gasteiger partial charge < -0.3 is 9.84 Å². The van der Waals surface area contributed by atoms with Crippen LogP contribution in [0.4, 0.5) is 0 Å². The minimum absolute atomic E-state index is 0.00231. The highest BCUT2D eigenvalue weighted by atomic mass is 16.5. The van der Waals surface area contributed by atoms with Crippen LogP contribution in [0, 0.1) is 13.8 Å². The summed E-state index contributed by atoms with van der Waals surface area (Å²) < 4.78 is 6.88. The van der Waals surface area contributed by atoms with Crippen molar-refractivity contribution in [3.05, 3.63) is 29.7 Å². The van der Waals surface area contributed by atoms with Gasteiger partial charge in [0, 0.05) is 26.1 Å². The van der Waals surface area contributed by atoms with Crippen LogP contribution in [0.1, 0.15) is 49.4 Å². The molecule has 1 fully saturated rings. The van der Waals surface area contributed by atoms with Crippen molar-refractivity contribution >= 4 is 5.91 Å². The fourth-order valence-corrected chi connectivity index (χ4v) is 3.01. The minimum Gasteiger partial charge on any atom is -0.343 e. The molecule has 2 heterocycles. The molecular formula is C15H21N5O2. The van der Waals surface area contributed by atoms with Crippen molar-refractivity contribution in [1.82, 2.24) is 25.2 Å². The summed E-state index contributed by atoms with van der Waals surface area (Å²) in [7, 11) is 0. The predicted molar refractivity (Wildman–Crippen MR) is 78.9 cm³/mol. The van der Waals surface area contributed by atoms with E-state index in [2.05, 4.69) is 20.6 Å². The van der Waals surface area contributed by atoms with Crippen molar-refractivity contribution in [2.45, 2.75) is 58.0 Å². The average Bonchev–Trinajstić information content (AvgIpc) is 3.19. The van der Waals surface area contributed by atoms with Crippen LogP contribution in [0.3, 0.4) is 0 Å². The van der Waals surface area contributed by atoms with E-state index >= 15 is 0 Å². The standard InChI is InChI=1S/C15H21N5O2/c1-11-9-16-20(10-11)8-5-13(21)18-15(6-3-4-7-15)14-17-12(2)22-19-14/h9-10H,3-8H2,1-2H3,(H,18,21). The number of rotatable bonds is 5. The maximum Gasteiger partial charge on any atom is 0.223 e. The van der Waals surface area contributed by atoms with Crippen LogP contribution in [0.2, 0.25) is 0 Å². The van der Waals surface area contributed by atoms with E-state index < -0.39 is 5.54 Å². The predicted octanol–water partition coefficient (Wildman–Crippen LogP) is 1.86. The first-order valence-electron chi connectivity index (χ1n) is 7.68. The third kappa shape index (κ3) is 3.03. The monoisotopic (exact) mass is 303 g/mol. The Morgan fingerprint density at radius 1 is 1.41 bits per heavy atom. The Hall–Kier alpha value is -2.18. The van der Waals surface area contributed by atoms with E-state index in [0.29, 0.717) is 24.7 Å². The van der Waals surface area contributed by atoms with Gasteiger partial charge in [-0.3, -0.25) is 9.48 Å². The van der Waals surface area contributed by atoms with Crippen LogP contribution in [0.25, 0.3) is 0 Å². The molecule has 0 bridgehead atoms. The molecule has 1 N–H and O–H groups in total. The van der Waals surface area contributed by atoms with Crippen LogP contribution >= 0.6 is 0 Å². The molecule has 0 unspecified atom stereocenters. The summed E-state index contributed by atoms with van der Waals surface area (Å²) in [5.74, 6) is 1.13. The van der Waals surface area contributed by atoms with Crippen LogP contribution in [0.15, 0.2) is 16.9 Å². The zero-order valence-corrected chi connectivity index (χ0v) is 13.0. The molecule has 0 spiro atoms. The number of carbonyl (C=O) groups is 1. The van der Waals surface area contributed by atoms with E-state index in [-0.39, 0.29) is 5.91 Å². The van der Waals surface area contributed by atoms with Gasteiger partial charge in [0.2, 0.25) is 11.8 Å². The Labute approximate surface area is 129 Å². The number of hydrogen-bond donors (Lipinski definition) is 1. The van der Waals surface area contributed by atoms with Gasteiger partial charge in [0.05, 0.1) is 6.20 Å². The van der Waals surface area contributed by atoms with Crippen LogP contribution in [-0.4, -0.2) is 25.8 Å². The Bertz CT molecular complexity index is 654. The zero-order chi connectivity index (χ0) is 15.6. The van der Waals surface area contributed by atoms with E-state index in [0.717, 1.165) is 31.2 Å². The molecule has 0 aromatic carbocycles. The van der Waals surface area contributed by atoms with Gasteiger partial charge in [-0.25, -0.2) is 0 Å². The highest BCUT2D eigenvalue weighted by Crippen LogP contribution is 2.37. The largest absolute Gasteiger partial charge is 0.343 e. The lowest BCUT2D eigenvalue weighted by atomic mass is 9.96. The fraction of sp³-hybridized carbons (Fsp3) is 0.600. The van der Waals surface area contributed by atoms with Gasteiger partial charge in [-0.15, -0.1) is 0 Å². The van der Waals surface area contributed by atoms with Crippen LogP contribution in [0.5, 0.6) is 0 Å². The molecule has 1 aliphatic carbocycles. The topological polar surface area (TPSA) is 85.8 Å². The molecule has 0 aliphatic heterocycles. The van der Waals surface area contributed by atoms with E-state index in [4.69, 9.17) is 4.52 Å². The summed E-state index contributed by atoms with van der Waals surface area (Å²) >= 11 is 0. The molecule has 1 saturated carbocycles. The number of carbonyl (C=O) groups excluding carboxylic acids is 1. The molecule has 0 radical (unpaired) electrons. The van der Waals surface area contributed by atoms with E-state index in [1.165, 1.54) is 0 Å². The van der Waals surface area contributed by atoms with Crippen molar-refractivity contribution in [2.75, 3.05) is 0 Å². The molecule has 2 aromatic rings. The first-order chi connectivity index (χ1) is 10.6. The van der Waals surface area contributed by atoms with Crippen LogP contribution in [-0.2, 0) is 16.9 Å². The number of aromatic nitrogens is 4. The number of amides is 1. The van der Waals surface area contributed by atoms with Gasteiger partial charge in [-0.1, -0.05) is 18.0 Å². The minimum atomic E-state index is -0.463.